The van der Waals surface area contributed by atoms with Crippen LogP contribution in [0.3, 0.4) is 0 Å². The molecule has 0 N–H and O–H groups in total. The first-order valence-corrected chi connectivity index (χ1v) is 8.16. The van der Waals surface area contributed by atoms with E-state index in [1.54, 1.807) is 0 Å². The molecule has 21 heavy (non-hydrogen) atoms. The zero-order chi connectivity index (χ0) is 15.5. The van der Waals surface area contributed by atoms with Crippen LogP contribution in [0.4, 0.5) is 0 Å². The van der Waals surface area contributed by atoms with E-state index in [4.69, 9.17) is 16.3 Å². The summed E-state index contributed by atoms with van der Waals surface area (Å²) in [5, 5.41) is 10.1. The molecule has 2 nitrogen and oxygen atoms in total. The molecule has 1 aliphatic carbocycles. The van der Waals surface area contributed by atoms with Gasteiger partial charge in [0.05, 0.1) is 12.0 Å². The summed E-state index contributed by atoms with van der Waals surface area (Å²) in [6.45, 7) is 6.88. The molecule has 1 aromatic carbocycles. The first kappa shape index (κ1) is 16.2. The molecule has 0 aromatic heterocycles. The molecule has 3 unspecified atom stereocenters. The fourth-order valence-corrected chi connectivity index (χ4v) is 3.30. The van der Waals surface area contributed by atoms with Gasteiger partial charge in [-0.15, -0.1) is 0 Å². The molecule has 0 bridgehead atoms. The van der Waals surface area contributed by atoms with Crippen LogP contribution >= 0.6 is 11.6 Å². The van der Waals surface area contributed by atoms with Crippen LogP contribution in [0, 0.1) is 28.6 Å². The van der Waals surface area contributed by atoms with Crippen molar-refractivity contribution >= 4 is 11.6 Å². The first-order chi connectivity index (χ1) is 9.96. The summed E-state index contributed by atoms with van der Waals surface area (Å²) in [5.41, 5.74) is 0.302. The number of benzene rings is 1. The van der Waals surface area contributed by atoms with Crippen LogP contribution in [0.25, 0.3) is 0 Å². The summed E-state index contributed by atoms with van der Waals surface area (Å²) >= 11 is 6.01. The SMILES string of the molecule is CCC(C)(C)C1CCC(C#N)C(Oc2cccc(Cl)c2)C1. The maximum absolute atomic E-state index is 9.38. The van der Waals surface area contributed by atoms with Gasteiger partial charge < -0.3 is 4.74 Å². The van der Waals surface area contributed by atoms with Crippen LogP contribution in [0.15, 0.2) is 24.3 Å². The Morgan fingerprint density at radius 2 is 2.14 bits per heavy atom. The van der Waals surface area contributed by atoms with Gasteiger partial charge in [-0.3, -0.25) is 0 Å². The first-order valence-electron chi connectivity index (χ1n) is 7.78. The molecule has 114 valence electrons. The van der Waals surface area contributed by atoms with Gasteiger partial charge in [-0.25, -0.2) is 0 Å². The second-order valence-electron chi connectivity index (χ2n) is 6.70. The second kappa shape index (κ2) is 6.71. The van der Waals surface area contributed by atoms with Gasteiger partial charge in [-0.1, -0.05) is 44.9 Å². The van der Waals surface area contributed by atoms with E-state index in [1.807, 2.05) is 24.3 Å². The van der Waals surface area contributed by atoms with E-state index >= 15 is 0 Å². The predicted molar refractivity (Wildman–Crippen MR) is 86.4 cm³/mol. The number of hydrogen-bond donors (Lipinski definition) is 0. The lowest BCUT2D eigenvalue weighted by Gasteiger charge is -2.41. The number of nitriles is 1. The molecule has 0 amide bonds. The molecule has 1 aromatic rings. The van der Waals surface area contributed by atoms with Crippen LogP contribution in [0.2, 0.25) is 5.02 Å². The minimum absolute atomic E-state index is 0.0205. The van der Waals surface area contributed by atoms with Crippen molar-refractivity contribution in [2.45, 2.75) is 52.6 Å². The Balaban J connectivity index is 2.12. The maximum atomic E-state index is 9.38. The fraction of sp³-hybridized carbons (Fsp3) is 0.611. The summed E-state index contributed by atoms with van der Waals surface area (Å²) < 4.78 is 6.10. The third-order valence-electron chi connectivity index (χ3n) is 5.06. The van der Waals surface area contributed by atoms with Gasteiger partial charge in [0.2, 0.25) is 0 Å². The van der Waals surface area contributed by atoms with E-state index in [1.165, 1.54) is 0 Å². The topological polar surface area (TPSA) is 33.0 Å². The average molecular weight is 306 g/mol. The standard InChI is InChI=1S/C18H24ClNO/c1-4-18(2,3)14-9-8-13(12-20)17(10-14)21-16-7-5-6-15(19)11-16/h5-7,11,13-14,17H,4,8-10H2,1-3H3. The predicted octanol–water partition coefficient (Wildman–Crippen LogP) is 5.46. The molecule has 1 aliphatic rings. The molecule has 0 radical (unpaired) electrons. The van der Waals surface area contributed by atoms with Gasteiger partial charge in [0.15, 0.2) is 0 Å². The quantitative estimate of drug-likeness (QED) is 0.739. The van der Waals surface area contributed by atoms with Crippen molar-refractivity contribution in [2.75, 3.05) is 0 Å². The highest BCUT2D eigenvalue weighted by molar-refractivity contribution is 6.30. The number of nitrogens with zero attached hydrogens (tertiary/aromatic N) is 1. The minimum atomic E-state index is -0.0296. The molecule has 0 spiro atoms. The molecular weight excluding hydrogens is 282 g/mol. The maximum Gasteiger partial charge on any atom is 0.121 e. The molecule has 1 fully saturated rings. The molecular formula is C18H24ClNO. The van der Waals surface area contributed by atoms with Crippen molar-refractivity contribution in [2.24, 2.45) is 17.3 Å². The molecule has 1 saturated carbocycles. The van der Waals surface area contributed by atoms with Crippen molar-refractivity contribution in [3.63, 3.8) is 0 Å². The summed E-state index contributed by atoms with van der Waals surface area (Å²) in [4.78, 5) is 0. The largest absolute Gasteiger partial charge is 0.489 e. The van der Waals surface area contributed by atoms with Crippen LogP contribution in [-0.4, -0.2) is 6.10 Å². The van der Waals surface area contributed by atoms with Crippen LogP contribution in [-0.2, 0) is 0 Å². The third-order valence-corrected chi connectivity index (χ3v) is 5.29. The van der Waals surface area contributed by atoms with E-state index in [2.05, 4.69) is 26.8 Å². The summed E-state index contributed by atoms with van der Waals surface area (Å²) in [6, 6.07) is 9.87. The molecule has 2 rings (SSSR count). The average Bonchev–Trinajstić information content (AvgIpc) is 2.47. The van der Waals surface area contributed by atoms with Crippen molar-refractivity contribution in [3.05, 3.63) is 29.3 Å². The van der Waals surface area contributed by atoms with Crippen LogP contribution in [0.1, 0.15) is 46.5 Å². The molecule has 3 heteroatoms. The number of halogens is 1. The smallest absolute Gasteiger partial charge is 0.121 e. The lowest BCUT2D eigenvalue weighted by molar-refractivity contribution is 0.0410. The molecule has 3 atom stereocenters. The highest BCUT2D eigenvalue weighted by atomic mass is 35.5. The highest BCUT2D eigenvalue weighted by Crippen LogP contribution is 2.43. The van der Waals surface area contributed by atoms with Gasteiger partial charge >= 0.3 is 0 Å². The highest BCUT2D eigenvalue weighted by Gasteiger charge is 2.38. The number of ether oxygens (including phenoxy) is 1. The Hall–Kier alpha value is -1.20. The van der Waals surface area contributed by atoms with E-state index in [-0.39, 0.29) is 12.0 Å². The third kappa shape index (κ3) is 3.92. The second-order valence-corrected chi connectivity index (χ2v) is 7.14. The van der Waals surface area contributed by atoms with Gasteiger partial charge in [-0.05, 0) is 48.8 Å². The van der Waals surface area contributed by atoms with E-state index in [0.29, 0.717) is 16.4 Å². The zero-order valence-corrected chi connectivity index (χ0v) is 13.9. The summed E-state index contributed by atoms with van der Waals surface area (Å²) in [7, 11) is 0. The Morgan fingerprint density at radius 1 is 1.38 bits per heavy atom. The van der Waals surface area contributed by atoms with E-state index in [0.717, 1.165) is 31.4 Å². The normalized spacial score (nSPS) is 26.1. The summed E-state index contributed by atoms with van der Waals surface area (Å²) in [5.74, 6) is 1.35. The monoisotopic (exact) mass is 305 g/mol. The Labute approximate surface area is 133 Å². The van der Waals surface area contributed by atoms with Gasteiger partial charge in [0.1, 0.15) is 11.9 Å². The lowest BCUT2D eigenvalue weighted by Crippen LogP contribution is -2.38. The van der Waals surface area contributed by atoms with Crippen molar-refractivity contribution in [1.29, 1.82) is 5.26 Å². The van der Waals surface area contributed by atoms with Gasteiger partial charge in [-0.2, -0.15) is 5.26 Å². The lowest BCUT2D eigenvalue weighted by atomic mass is 9.67. The van der Waals surface area contributed by atoms with Crippen molar-refractivity contribution < 1.29 is 4.74 Å². The Kier molecular flexibility index (Phi) is 5.17. The van der Waals surface area contributed by atoms with Crippen LogP contribution in [0.5, 0.6) is 5.75 Å². The number of hydrogen-bond acceptors (Lipinski definition) is 2. The van der Waals surface area contributed by atoms with Gasteiger partial charge in [0.25, 0.3) is 0 Å². The van der Waals surface area contributed by atoms with Crippen molar-refractivity contribution in [1.82, 2.24) is 0 Å². The van der Waals surface area contributed by atoms with E-state index in [9.17, 15) is 5.26 Å². The molecule has 0 heterocycles. The van der Waals surface area contributed by atoms with Gasteiger partial charge in [0, 0.05) is 5.02 Å². The van der Waals surface area contributed by atoms with Crippen molar-refractivity contribution in [3.8, 4) is 11.8 Å². The van der Waals surface area contributed by atoms with E-state index < -0.39 is 0 Å². The fourth-order valence-electron chi connectivity index (χ4n) is 3.12. The number of rotatable bonds is 4. The Morgan fingerprint density at radius 3 is 2.76 bits per heavy atom. The van der Waals surface area contributed by atoms with Crippen LogP contribution < -0.4 is 4.74 Å². The molecule has 0 aliphatic heterocycles. The zero-order valence-electron chi connectivity index (χ0n) is 13.1. The minimum Gasteiger partial charge on any atom is -0.489 e. The summed E-state index contributed by atoms with van der Waals surface area (Å²) in [6.07, 6.45) is 4.12. The Bertz CT molecular complexity index is 520. The molecule has 0 saturated heterocycles.